The van der Waals surface area contributed by atoms with E-state index in [1.54, 1.807) is 7.05 Å². The third-order valence-electron chi connectivity index (χ3n) is 0.420. The van der Waals surface area contributed by atoms with Gasteiger partial charge in [-0.3, -0.25) is 0 Å². The van der Waals surface area contributed by atoms with E-state index in [-0.39, 0.29) is 0 Å². The molecule has 0 fully saturated rings. The van der Waals surface area contributed by atoms with Crippen molar-refractivity contribution < 1.29 is 10.2 Å². The Balaban J connectivity index is 2.98. The Labute approximate surface area is 47.4 Å². The molecular weight excluding hydrogens is 110 g/mol. The second-order valence-electron chi connectivity index (χ2n) is 0.977. The van der Waals surface area contributed by atoms with Crippen LogP contribution in [0.5, 0.6) is 0 Å². The number of hydrogen-bond donors (Lipinski definition) is 3. The first kappa shape index (κ1) is 7.54. The lowest BCUT2D eigenvalue weighted by molar-refractivity contribution is -1.02. The molecule has 0 aromatic carbocycles. The Hall–Kier alpha value is -0.460. The van der Waals surface area contributed by atoms with Crippen molar-refractivity contribution in [3.05, 3.63) is 18.0 Å². The van der Waals surface area contributed by atoms with Crippen LogP contribution in [-0.2, 0) is 4.94 Å². The van der Waals surface area contributed by atoms with Crippen molar-refractivity contribution >= 4 is 0 Å². The van der Waals surface area contributed by atoms with E-state index in [0.717, 1.165) is 6.20 Å². The van der Waals surface area contributed by atoms with Crippen molar-refractivity contribution in [2.24, 2.45) is 0 Å². The van der Waals surface area contributed by atoms with Gasteiger partial charge in [-0.2, -0.15) is 5.23 Å². The van der Waals surface area contributed by atoms with Crippen molar-refractivity contribution in [1.29, 1.82) is 0 Å². The maximum Gasteiger partial charge on any atom is 0.121 e. The zero-order chi connectivity index (χ0) is 6.41. The van der Waals surface area contributed by atoms with Crippen LogP contribution in [0.1, 0.15) is 0 Å². The molecule has 1 unspecified atom stereocenters. The molecule has 1 atom stereocenters. The monoisotopic (exact) mass is 119 g/mol. The predicted molar refractivity (Wildman–Crippen MR) is 27.8 cm³/mol. The second-order valence-corrected chi connectivity index (χ2v) is 0.977. The molecule has 0 aliphatic rings. The number of hydroxylamine groups is 2. The van der Waals surface area contributed by atoms with Crippen molar-refractivity contribution in [3.8, 4) is 0 Å². The maximum atomic E-state index is 10.1. The van der Waals surface area contributed by atoms with Gasteiger partial charge in [0.05, 0.1) is 0 Å². The van der Waals surface area contributed by atoms with E-state index < -0.39 is 5.23 Å². The van der Waals surface area contributed by atoms with E-state index >= 15 is 0 Å². The quantitative estimate of drug-likeness (QED) is 0.378. The number of hydrazine groups is 1. The van der Waals surface area contributed by atoms with E-state index in [1.165, 1.54) is 0 Å². The fourth-order valence-corrected chi connectivity index (χ4v) is 0.143. The molecule has 0 saturated carbocycles. The number of hydrogen-bond acceptors (Lipinski definition) is 4. The molecule has 0 radical (unpaired) electrons. The topological polar surface area (TPSA) is 60.8 Å². The first-order valence-electron chi connectivity index (χ1n) is 2.06. The van der Waals surface area contributed by atoms with Crippen LogP contribution >= 0.6 is 0 Å². The molecule has 0 rings (SSSR count). The Morgan fingerprint density at radius 1 is 1.88 bits per heavy atom. The molecule has 0 aliphatic carbocycles. The smallest absolute Gasteiger partial charge is 0.121 e. The minimum Gasteiger partial charge on any atom is -0.594 e. The average Bonchev–Trinajstić information content (AvgIpc) is 1.83. The summed E-state index contributed by atoms with van der Waals surface area (Å²) in [5.74, 6) is 0. The highest BCUT2D eigenvalue weighted by Gasteiger charge is 1.83. The highest BCUT2D eigenvalue weighted by molar-refractivity contribution is 4.40. The summed E-state index contributed by atoms with van der Waals surface area (Å²) in [5, 5.41) is 9.61. The molecule has 0 amide bonds. The minimum absolute atomic E-state index is 0.514. The lowest BCUT2D eigenvalue weighted by atomic mass is 11.1. The first-order valence-corrected chi connectivity index (χ1v) is 2.06. The molecule has 5 nitrogen and oxygen atoms in total. The van der Waals surface area contributed by atoms with Crippen molar-refractivity contribution in [2.75, 3.05) is 7.05 Å². The largest absolute Gasteiger partial charge is 0.594 e. The van der Waals surface area contributed by atoms with Gasteiger partial charge in [0, 0.05) is 7.05 Å². The van der Waals surface area contributed by atoms with Crippen molar-refractivity contribution in [2.45, 2.75) is 0 Å². The van der Waals surface area contributed by atoms with Gasteiger partial charge >= 0.3 is 0 Å². The third-order valence-corrected chi connectivity index (χ3v) is 0.420. The molecule has 0 saturated heterocycles. The van der Waals surface area contributed by atoms with Gasteiger partial charge < -0.3 is 5.21 Å². The van der Waals surface area contributed by atoms with Gasteiger partial charge in [-0.15, -0.1) is 0 Å². The zero-order valence-corrected chi connectivity index (χ0v) is 4.60. The van der Waals surface area contributed by atoms with Gasteiger partial charge in [0.2, 0.25) is 0 Å². The first-order chi connectivity index (χ1) is 3.81. The number of nitrogens with one attached hydrogen (secondary N) is 3. The van der Waals surface area contributed by atoms with E-state index in [9.17, 15) is 5.21 Å². The molecule has 0 aliphatic heterocycles. The summed E-state index contributed by atoms with van der Waals surface area (Å²) in [5.41, 5.74) is 4.52. The third kappa shape index (κ3) is 3.72. The average molecular weight is 119 g/mol. The van der Waals surface area contributed by atoms with E-state index in [1.807, 2.05) is 0 Å². The normalized spacial score (nSPS) is 13.2. The lowest BCUT2D eigenvalue weighted by Crippen LogP contribution is -3.02. The molecule has 8 heavy (non-hydrogen) atoms. The van der Waals surface area contributed by atoms with Crippen molar-refractivity contribution in [3.63, 3.8) is 0 Å². The van der Waals surface area contributed by atoms with E-state index in [0.29, 0.717) is 0 Å². The molecule has 0 heterocycles. The minimum atomic E-state index is -0.514. The van der Waals surface area contributed by atoms with Gasteiger partial charge in [-0.1, -0.05) is 10.5 Å². The highest BCUT2D eigenvalue weighted by atomic mass is 17.0. The molecule has 48 valence electrons. The molecular formula is C3H9N3O2. The SMILES string of the molecule is C=C[NH+]([O-])ONNC. The summed E-state index contributed by atoms with van der Waals surface area (Å²) >= 11 is 0. The van der Waals surface area contributed by atoms with E-state index in [2.05, 4.69) is 22.5 Å². The predicted octanol–water partition coefficient (Wildman–Crippen LogP) is -1.92. The molecule has 0 aromatic rings. The summed E-state index contributed by atoms with van der Waals surface area (Å²) in [6.45, 7) is 3.17. The Morgan fingerprint density at radius 3 is 2.88 bits per heavy atom. The fraction of sp³-hybridized carbons (Fsp3) is 0.333. The summed E-state index contributed by atoms with van der Waals surface area (Å²) < 4.78 is 0. The van der Waals surface area contributed by atoms with Crippen LogP contribution in [0.4, 0.5) is 0 Å². The zero-order valence-electron chi connectivity index (χ0n) is 4.60. The van der Waals surface area contributed by atoms with Gasteiger partial charge in [0.1, 0.15) is 6.20 Å². The van der Waals surface area contributed by atoms with Crippen molar-refractivity contribution in [1.82, 2.24) is 11.0 Å². The fourth-order valence-electron chi connectivity index (χ4n) is 0.143. The van der Waals surface area contributed by atoms with Gasteiger partial charge in [-0.05, 0) is 6.58 Å². The molecule has 0 aromatic heterocycles. The number of quaternary nitrogens is 1. The summed E-state index contributed by atoms with van der Waals surface area (Å²) in [4.78, 5) is 4.22. The molecule has 0 bridgehead atoms. The van der Waals surface area contributed by atoms with Gasteiger partial charge in [0.15, 0.2) is 0 Å². The van der Waals surface area contributed by atoms with Crippen LogP contribution in [0.2, 0.25) is 0 Å². The molecule has 3 N–H and O–H groups in total. The standard InChI is InChI=1S/C3H9N3O2/c1-3-6(7)8-5-4-2/h3-6H,1H2,2H3. The van der Waals surface area contributed by atoms with E-state index in [4.69, 9.17) is 0 Å². The van der Waals surface area contributed by atoms with Crippen LogP contribution in [0.25, 0.3) is 0 Å². The van der Waals surface area contributed by atoms with Crippen LogP contribution in [-0.4, -0.2) is 7.05 Å². The Bertz CT molecular complexity index is 67.5. The van der Waals surface area contributed by atoms with Crippen LogP contribution < -0.4 is 16.2 Å². The maximum absolute atomic E-state index is 10.1. The van der Waals surface area contributed by atoms with Crippen LogP contribution in [0, 0.1) is 5.21 Å². The summed E-state index contributed by atoms with van der Waals surface area (Å²) in [7, 11) is 1.58. The second kappa shape index (κ2) is 4.69. The Kier molecular flexibility index (Phi) is 4.42. The summed E-state index contributed by atoms with van der Waals surface area (Å²) in [6.07, 6.45) is 1.06. The Morgan fingerprint density at radius 2 is 2.50 bits per heavy atom. The molecule has 5 heteroatoms. The van der Waals surface area contributed by atoms with Gasteiger partial charge in [0.25, 0.3) is 0 Å². The lowest BCUT2D eigenvalue weighted by Gasteiger charge is -2.12. The molecule has 0 spiro atoms. The van der Waals surface area contributed by atoms with Crippen LogP contribution in [0.15, 0.2) is 12.8 Å². The number of rotatable bonds is 4. The summed E-state index contributed by atoms with van der Waals surface area (Å²) in [6, 6.07) is 0. The van der Waals surface area contributed by atoms with Crippen LogP contribution in [0.3, 0.4) is 0 Å². The highest BCUT2D eigenvalue weighted by Crippen LogP contribution is 1.38. The van der Waals surface area contributed by atoms with Gasteiger partial charge in [-0.25, -0.2) is 5.43 Å².